The number of nitrogens with one attached hydrogen (secondary N) is 1. The summed E-state index contributed by atoms with van der Waals surface area (Å²) in [5.41, 5.74) is 2.59. The summed E-state index contributed by atoms with van der Waals surface area (Å²) < 4.78 is 0. The number of benzene rings is 2. The van der Waals surface area contributed by atoms with Crippen LogP contribution in [0, 0.1) is 0 Å². The lowest BCUT2D eigenvalue weighted by Gasteiger charge is -2.23. The van der Waals surface area contributed by atoms with Crippen molar-refractivity contribution in [3.63, 3.8) is 0 Å². The fraction of sp³-hybridized carbons (Fsp3) is 0.381. The molecule has 2 heteroatoms. The monoisotopic (exact) mass is 307 g/mol. The summed E-state index contributed by atoms with van der Waals surface area (Å²) in [6.45, 7) is 0.983. The molecule has 0 bridgehead atoms. The van der Waals surface area contributed by atoms with Crippen molar-refractivity contribution in [2.45, 2.75) is 44.1 Å². The highest BCUT2D eigenvalue weighted by atomic mass is 16.1. The fourth-order valence-electron chi connectivity index (χ4n) is 3.48. The summed E-state index contributed by atoms with van der Waals surface area (Å²) in [6.07, 6.45) is 4.89. The summed E-state index contributed by atoms with van der Waals surface area (Å²) in [7, 11) is 0. The minimum Gasteiger partial charge on any atom is -0.307 e. The minimum absolute atomic E-state index is 0.0796. The molecule has 1 aliphatic rings. The van der Waals surface area contributed by atoms with Gasteiger partial charge >= 0.3 is 0 Å². The van der Waals surface area contributed by atoms with Crippen LogP contribution in [0.3, 0.4) is 0 Å². The number of carbonyl (C=O) groups excluding carboxylic acids is 1. The molecule has 3 rings (SSSR count). The molecule has 1 N–H and O–H groups in total. The minimum atomic E-state index is 0.0796. The standard InChI is InChI=1S/C21H25NO/c23-21(20-13-7-8-16-22-20)15-14-19(17-9-3-1-4-10-17)18-11-5-2-6-12-18/h1-6,9-12,19-20,22H,7-8,13-16H2. The first-order valence-corrected chi connectivity index (χ1v) is 8.70. The molecule has 1 atom stereocenters. The SMILES string of the molecule is O=C(CCC(c1ccccc1)c1ccccc1)C1CCCCN1. The molecule has 2 nitrogen and oxygen atoms in total. The van der Waals surface area contributed by atoms with E-state index in [-0.39, 0.29) is 6.04 Å². The quantitative estimate of drug-likeness (QED) is 0.861. The van der Waals surface area contributed by atoms with Crippen LogP contribution in [0.1, 0.15) is 49.1 Å². The second kappa shape index (κ2) is 8.07. The molecule has 0 spiro atoms. The lowest BCUT2D eigenvalue weighted by molar-refractivity contribution is -0.121. The highest BCUT2D eigenvalue weighted by molar-refractivity contribution is 5.84. The maximum Gasteiger partial charge on any atom is 0.149 e. The Morgan fingerprint density at radius 1 is 0.957 bits per heavy atom. The van der Waals surface area contributed by atoms with Gasteiger partial charge in [0.1, 0.15) is 5.78 Å². The Morgan fingerprint density at radius 3 is 2.09 bits per heavy atom. The predicted octanol–water partition coefficient (Wildman–Crippen LogP) is 4.31. The van der Waals surface area contributed by atoms with Gasteiger partial charge in [-0.1, -0.05) is 67.1 Å². The van der Waals surface area contributed by atoms with E-state index in [2.05, 4.69) is 53.8 Å². The van der Waals surface area contributed by atoms with Crippen molar-refractivity contribution in [1.82, 2.24) is 5.32 Å². The average molecular weight is 307 g/mol. The topological polar surface area (TPSA) is 29.1 Å². The number of carbonyl (C=O) groups is 1. The molecule has 120 valence electrons. The summed E-state index contributed by atoms with van der Waals surface area (Å²) in [5, 5.41) is 3.37. The summed E-state index contributed by atoms with van der Waals surface area (Å²) >= 11 is 0. The molecule has 0 saturated carbocycles. The molecule has 0 aliphatic carbocycles. The fourth-order valence-corrected chi connectivity index (χ4v) is 3.48. The number of ketones is 1. The van der Waals surface area contributed by atoms with E-state index in [1.165, 1.54) is 24.0 Å². The maximum atomic E-state index is 12.5. The Hall–Kier alpha value is -1.93. The van der Waals surface area contributed by atoms with E-state index < -0.39 is 0 Å². The first-order chi connectivity index (χ1) is 11.3. The molecule has 1 fully saturated rings. The Kier molecular flexibility index (Phi) is 5.60. The van der Waals surface area contributed by atoms with Gasteiger partial charge < -0.3 is 5.32 Å². The van der Waals surface area contributed by atoms with E-state index in [1.807, 2.05) is 12.1 Å². The third-order valence-corrected chi connectivity index (χ3v) is 4.78. The number of rotatable bonds is 6. The van der Waals surface area contributed by atoms with Crippen LogP contribution in [-0.2, 0) is 4.79 Å². The molecular weight excluding hydrogens is 282 g/mol. The Bertz CT molecular complexity index is 563. The second-order valence-corrected chi connectivity index (χ2v) is 6.38. The van der Waals surface area contributed by atoms with Crippen molar-refractivity contribution >= 4 is 5.78 Å². The van der Waals surface area contributed by atoms with Gasteiger partial charge in [-0.05, 0) is 36.9 Å². The molecule has 1 unspecified atom stereocenters. The van der Waals surface area contributed by atoms with Crippen molar-refractivity contribution in [2.75, 3.05) is 6.54 Å². The Labute approximate surface area is 138 Å². The zero-order chi connectivity index (χ0) is 15.9. The number of Topliss-reactive ketones (excluding diaryl/α,β-unsaturated/α-hetero) is 1. The first-order valence-electron chi connectivity index (χ1n) is 8.70. The molecule has 1 saturated heterocycles. The molecule has 2 aromatic rings. The molecule has 23 heavy (non-hydrogen) atoms. The maximum absolute atomic E-state index is 12.5. The Balaban J connectivity index is 1.70. The molecule has 0 amide bonds. The molecule has 2 aromatic carbocycles. The van der Waals surface area contributed by atoms with E-state index >= 15 is 0 Å². The molecule has 1 aliphatic heterocycles. The normalized spacial score (nSPS) is 18.0. The first kappa shape index (κ1) is 15.9. The van der Waals surface area contributed by atoms with Gasteiger partial charge in [-0.3, -0.25) is 4.79 Å². The van der Waals surface area contributed by atoms with Gasteiger partial charge in [0.05, 0.1) is 6.04 Å². The zero-order valence-electron chi connectivity index (χ0n) is 13.6. The highest BCUT2D eigenvalue weighted by Gasteiger charge is 2.22. The molecule has 0 aromatic heterocycles. The van der Waals surface area contributed by atoms with Gasteiger partial charge in [-0.15, -0.1) is 0 Å². The smallest absolute Gasteiger partial charge is 0.149 e. The van der Waals surface area contributed by atoms with Crippen LogP contribution < -0.4 is 5.32 Å². The second-order valence-electron chi connectivity index (χ2n) is 6.38. The van der Waals surface area contributed by atoms with Crippen LogP contribution in [0.4, 0.5) is 0 Å². The lowest BCUT2D eigenvalue weighted by atomic mass is 9.85. The van der Waals surface area contributed by atoms with E-state index in [4.69, 9.17) is 0 Å². The van der Waals surface area contributed by atoms with Gasteiger partial charge in [-0.2, -0.15) is 0 Å². The van der Waals surface area contributed by atoms with Gasteiger partial charge in [0.2, 0.25) is 0 Å². The van der Waals surface area contributed by atoms with Crippen LogP contribution in [-0.4, -0.2) is 18.4 Å². The van der Waals surface area contributed by atoms with E-state index in [0.29, 0.717) is 18.1 Å². The van der Waals surface area contributed by atoms with Crippen LogP contribution in [0.15, 0.2) is 60.7 Å². The summed E-state index contributed by atoms with van der Waals surface area (Å²) in [4.78, 5) is 12.5. The van der Waals surface area contributed by atoms with Crippen molar-refractivity contribution in [3.8, 4) is 0 Å². The van der Waals surface area contributed by atoms with Crippen molar-refractivity contribution in [3.05, 3.63) is 71.8 Å². The number of piperidine rings is 1. The summed E-state index contributed by atoms with van der Waals surface area (Å²) in [5.74, 6) is 0.673. The number of hydrogen-bond acceptors (Lipinski definition) is 2. The average Bonchev–Trinajstić information content (AvgIpc) is 2.64. The van der Waals surface area contributed by atoms with E-state index in [1.54, 1.807) is 0 Å². The van der Waals surface area contributed by atoms with Gasteiger partial charge in [-0.25, -0.2) is 0 Å². The number of hydrogen-bond donors (Lipinski definition) is 1. The van der Waals surface area contributed by atoms with E-state index in [9.17, 15) is 4.79 Å². The molecule has 0 radical (unpaired) electrons. The van der Waals surface area contributed by atoms with Crippen LogP contribution in [0.2, 0.25) is 0 Å². The van der Waals surface area contributed by atoms with Gasteiger partial charge in [0.25, 0.3) is 0 Å². The van der Waals surface area contributed by atoms with Crippen molar-refractivity contribution in [2.24, 2.45) is 0 Å². The Morgan fingerprint density at radius 2 is 1.57 bits per heavy atom. The van der Waals surface area contributed by atoms with Crippen LogP contribution in [0.25, 0.3) is 0 Å². The van der Waals surface area contributed by atoms with Crippen LogP contribution in [0.5, 0.6) is 0 Å². The van der Waals surface area contributed by atoms with Crippen molar-refractivity contribution in [1.29, 1.82) is 0 Å². The highest BCUT2D eigenvalue weighted by Crippen LogP contribution is 2.29. The third-order valence-electron chi connectivity index (χ3n) is 4.78. The van der Waals surface area contributed by atoms with Crippen molar-refractivity contribution < 1.29 is 4.79 Å². The van der Waals surface area contributed by atoms with Gasteiger partial charge in [0, 0.05) is 12.3 Å². The predicted molar refractivity (Wildman–Crippen MR) is 94.6 cm³/mol. The van der Waals surface area contributed by atoms with E-state index in [0.717, 1.165) is 19.4 Å². The zero-order valence-corrected chi connectivity index (χ0v) is 13.6. The van der Waals surface area contributed by atoms with Crippen LogP contribution >= 0.6 is 0 Å². The molecule has 1 heterocycles. The molecular formula is C21H25NO. The summed E-state index contributed by atoms with van der Waals surface area (Å²) in [6, 6.07) is 21.2. The van der Waals surface area contributed by atoms with Gasteiger partial charge in [0.15, 0.2) is 0 Å². The third kappa shape index (κ3) is 4.29. The lowest BCUT2D eigenvalue weighted by Crippen LogP contribution is -2.40. The largest absolute Gasteiger partial charge is 0.307 e.